The molecule has 3 rings (SSSR count). The first-order valence-corrected chi connectivity index (χ1v) is 10.8. The number of carbonyl (C=O) groups is 4. The van der Waals surface area contributed by atoms with E-state index in [0.29, 0.717) is 44.5 Å². The molecule has 3 amide bonds. The number of carboxylic acids is 1. The third-order valence-corrected chi connectivity index (χ3v) is 6.06. The summed E-state index contributed by atoms with van der Waals surface area (Å²) in [6, 6.07) is -3.92. The standard InChI is InChI=1S/C20H30N6O6/c1-11(27)16(21)19(30)25-6-2-4-14(25)17(28)24-13(8-12-9-22-10-23-12)18(29)26-7-3-5-15(26)20(31)32/h9-11,13-16,27H,2-8,21H2,1H3,(H,22,23)(H,24,28)(H,31,32). The monoisotopic (exact) mass is 450 g/mol. The maximum Gasteiger partial charge on any atom is 0.326 e. The van der Waals surface area contributed by atoms with Gasteiger partial charge in [0.1, 0.15) is 24.2 Å². The largest absolute Gasteiger partial charge is 0.480 e. The zero-order chi connectivity index (χ0) is 23.4. The molecule has 2 fully saturated rings. The Morgan fingerprint density at radius 1 is 1.19 bits per heavy atom. The van der Waals surface area contributed by atoms with Gasteiger partial charge in [-0.05, 0) is 32.6 Å². The van der Waals surface area contributed by atoms with Crippen molar-refractivity contribution < 1.29 is 29.4 Å². The summed E-state index contributed by atoms with van der Waals surface area (Å²) in [7, 11) is 0. The number of rotatable bonds is 8. The van der Waals surface area contributed by atoms with Crippen LogP contribution >= 0.6 is 0 Å². The van der Waals surface area contributed by atoms with Gasteiger partial charge >= 0.3 is 5.97 Å². The number of aromatic amines is 1. The zero-order valence-electron chi connectivity index (χ0n) is 17.9. The van der Waals surface area contributed by atoms with Gasteiger partial charge in [0.05, 0.1) is 12.4 Å². The van der Waals surface area contributed by atoms with Crippen molar-refractivity contribution in [2.75, 3.05) is 13.1 Å². The Bertz CT molecular complexity index is 844. The molecule has 12 nitrogen and oxygen atoms in total. The number of imidazole rings is 1. The molecule has 1 aromatic heterocycles. The molecule has 0 bridgehead atoms. The van der Waals surface area contributed by atoms with E-state index in [1.165, 1.54) is 29.2 Å². The van der Waals surface area contributed by atoms with Crippen molar-refractivity contribution in [2.24, 2.45) is 5.73 Å². The van der Waals surface area contributed by atoms with Crippen LogP contribution in [0.2, 0.25) is 0 Å². The third kappa shape index (κ3) is 5.07. The van der Waals surface area contributed by atoms with Gasteiger partial charge in [-0.15, -0.1) is 0 Å². The van der Waals surface area contributed by atoms with Crippen LogP contribution in [0.1, 0.15) is 38.3 Å². The molecule has 0 radical (unpaired) electrons. The number of hydrogen-bond donors (Lipinski definition) is 5. The van der Waals surface area contributed by atoms with Gasteiger partial charge in [0.15, 0.2) is 0 Å². The molecule has 6 N–H and O–H groups in total. The van der Waals surface area contributed by atoms with Crippen molar-refractivity contribution >= 4 is 23.7 Å². The van der Waals surface area contributed by atoms with E-state index >= 15 is 0 Å². The predicted octanol–water partition coefficient (Wildman–Crippen LogP) is -1.79. The number of H-pyrrole nitrogens is 1. The van der Waals surface area contributed by atoms with Crippen LogP contribution in [-0.4, -0.2) is 97.0 Å². The maximum atomic E-state index is 13.2. The minimum absolute atomic E-state index is 0.0985. The van der Waals surface area contributed by atoms with Gasteiger partial charge in [0.2, 0.25) is 17.7 Å². The van der Waals surface area contributed by atoms with E-state index in [1.807, 2.05) is 0 Å². The summed E-state index contributed by atoms with van der Waals surface area (Å²) in [6.07, 6.45) is 3.91. The molecular weight excluding hydrogens is 420 g/mol. The first kappa shape index (κ1) is 23.7. The zero-order valence-corrected chi connectivity index (χ0v) is 17.9. The summed E-state index contributed by atoms with van der Waals surface area (Å²) in [5.74, 6) is -2.62. The number of aliphatic carboxylic acids is 1. The number of carboxylic acid groups (broad SMARTS) is 1. The summed E-state index contributed by atoms with van der Waals surface area (Å²) in [6.45, 7) is 2.02. The summed E-state index contributed by atoms with van der Waals surface area (Å²) in [5, 5.41) is 21.8. The first-order chi connectivity index (χ1) is 15.2. The molecule has 0 aliphatic carbocycles. The van der Waals surface area contributed by atoms with E-state index in [9.17, 15) is 29.4 Å². The lowest BCUT2D eigenvalue weighted by atomic mass is 10.1. The highest BCUT2D eigenvalue weighted by Crippen LogP contribution is 2.22. The Kier molecular flexibility index (Phi) is 7.46. The highest BCUT2D eigenvalue weighted by Gasteiger charge is 2.41. The smallest absolute Gasteiger partial charge is 0.326 e. The molecule has 1 aromatic rings. The van der Waals surface area contributed by atoms with Gasteiger partial charge < -0.3 is 36.0 Å². The molecule has 0 spiro atoms. The van der Waals surface area contributed by atoms with Gasteiger partial charge in [-0.25, -0.2) is 9.78 Å². The summed E-state index contributed by atoms with van der Waals surface area (Å²) < 4.78 is 0. The molecule has 0 aromatic carbocycles. The second-order valence-corrected chi connectivity index (χ2v) is 8.33. The lowest BCUT2D eigenvalue weighted by Gasteiger charge is -2.31. The molecule has 0 saturated carbocycles. The summed E-state index contributed by atoms with van der Waals surface area (Å²) in [4.78, 5) is 59.9. The van der Waals surface area contributed by atoms with Crippen LogP contribution in [0.15, 0.2) is 12.5 Å². The number of carbonyl (C=O) groups excluding carboxylic acids is 3. The van der Waals surface area contributed by atoms with E-state index in [-0.39, 0.29) is 6.42 Å². The Labute approximate surface area is 185 Å². The first-order valence-electron chi connectivity index (χ1n) is 10.8. The van der Waals surface area contributed by atoms with Crippen LogP contribution in [0.3, 0.4) is 0 Å². The highest BCUT2D eigenvalue weighted by molar-refractivity contribution is 5.94. The molecule has 2 aliphatic heterocycles. The van der Waals surface area contributed by atoms with Crippen LogP contribution in [0.5, 0.6) is 0 Å². The van der Waals surface area contributed by atoms with Crippen LogP contribution in [0, 0.1) is 0 Å². The number of aliphatic hydroxyl groups is 1. The minimum Gasteiger partial charge on any atom is -0.480 e. The normalized spacial score (nSPS) is 23.6. The van der Waals surface area contributed by atoms with E-state index in [1.54, 1.807) is 0 Å². The average Bonchev–Trinajstić information content (AvgIpc) is 3.52. The Morgan fingerprint density at radius 2 is 1.81 bits per heavy atom. The fourth-order valence-electron chi connectivity index (χ4n) is 4.27. The number of nitrogens with two attached hydrogens (primary N) is 1. The van der Waals surface area contributed by atoms with Gasteiger partial charge in [-0.2, -0.15) is 0 Å². The number of hydrogen-bond acceptors (Lipinski definition) is 7. The molecule has 5 atom stereocenters. The topological polar surface area (TPSA) is 182 Å². The number of aromatic nitrogens is 2. The van der Waals surface area contributed by atoms with E-state index in [2.05, 4.69) is 15.3 Å². The quantitative estimate of drug-likeness (QED) is 0.308. The Balaban J connectivity index is 1.76. The van der Waals surface area contributed by atoms with E-state index < -0.39 is 54.0 Å². The second-order valence-electron chi connectivity index (χ2n) is 8.33. The summed E-state index contributed by atoms with van der Waals surface area (Å²) >= 11 is 0. The van der Waals surface area contributed by atoms with Crippen molar-refractivity contribution in [2.45, 2.75) is 69.3 Å². The van der Waals surface area contributed by atoms with Gasteiger partial charge in [-0.1, -0.05) is 0 Å². The van der Waals surface area contributed by atoms with E-state index in [0.717, 1.165) is 0 Å². The Morgan fingerprint density at radius 3 is 2.38 bits per heavy atom. The van der Waals surface area contributed by atoms with Gasteiger partial charge in [-0.3, -0.25) is 14.4 Å². The maximum absolute atomic E-state index is 13.2. The van der Waals surface area contributed by atoms with Gasteiger partial charge in [0, 0.05) is 31.4 Å². The fraction of sp³-hybridized carbons (Fsp3) is 0.650. The molecule has 5 unspecified atom stereocenters. The average molecular weight is 450 g/mol. The second kappa shape index (κ2) is 10.1. The molecule has 12 heteroatoms. The molecule has 2 aliphatic rings. The van der Waals surface area contributed by atoms with E-state index in [4.69, 9.17) is 5.73 Å². The molecule has 3 heterocycles. The van der Waals surface area contributed by atoms with Crippen LogP contribution in [0.4, 0.5) is 0 Å². The highest BCUT2D eigenvalue weighted by atomic mass is 16.4. The number of amides is 3. The van der Waals surface area contributed by atoms with Crippen molar-refractivity contribution in [1.82, 2.24) is 25.1 Å². The van der Waals surface area contributed by atoms with Crippen LogP contribution < -0.4 is 11.1 Å². The minimum atomic E-state index is -1.15. The fourth-order valence-corrected chi connectivity index (χ4v) is 4.27. The lowest BCUT2D eigenvalue weighted by molar-refractivity contribution is -0.149. The third-order valence-electron chi connectivity index (χ3n) is 6.06. The number of likely N-dealkylation sites (tertiary alicyclic amines) is 2. The van der Waals surface area contributed by atoms with Gasteiger partial charge in [0.25, 0.3) is 0 Å². The molecule has 32 heavy (non-hydrogen) atoms. The van der Waals surface area contributed by atoms with Crippen LogP contribution in [0.25, 0.3) is 0 Å². The van der Waals surface area contributed by atoms with Crippen molar-refractivity contribution in [3.05, 3.63) is 18.2 Å². The lowest BCUT2D eigenvalue weighted by Crippen LogP contribution is -2.58. The number of aliphatic hydroxyl groups excluding tert-OH is 1. The molecule has 176 valence electrons. The van der Waals surface area contributed by atoms with Crippen molar-refractivity contribution in [3.8, 4) is 0 Å². The SMILES string of the molecule is CC(O)C(N)C(=O)N1CCCC1C(=O)NC(Cc1cnc[nH]1)C(=O)N1CCCC1C(=O)O. The molecule has 2 saturated heterocycles. The Hall–Kier alpha value is -2.99. The molecular formula is C20H30N6O6. The predicted molar refractivity (Wildman–Crippen MR) is 111 cm³/mol. The van der Waals surface area contributed by atoms with Crippen molar-refractivity contribution in [1.29, 1.82) is 0 Å². The summed E-state index contributed by atoms with van der Waals surface area (Å²) in [5.41, 5.74) is 6.37. The van der Waals surface area contributed by atoms with Crippen molar-refractivity contribution in [3.63, 3.8) is 0 Å². The number of nitrogens with one attached hydrogen (secondary N) is 2. The van der Waals surface area contributed by atoms with Crippen LogP contribution in [-0.2, 0) is 25.6 Å². The number of nitrogens with zero attached hydrogens (tertiary/aromatic N) is 3.